The number of aryl methyl sites for hydroxylation is 2. The van der Waals surface area contributed by atoms with Crippen LogP contribution in [0.2, 0.25) is 0 Å². The number of hydrogen-bond acceptors (Lipinski definition) is 4. The van der Waals surface area contributed by atoms with Crippen LogP contribution in [0.15, 0.2) is 30.3 Å². The SMILES string of the molecule is COc1cc(N)c(C(=O)Nc2c(C)cccc2C)cc1OC. The van der Waals surface area contributed by atoms with Crippen molar-refractivity contribution in [3.63, 3.8) is 0 Å². The summed E-state index contributed by atoms with van der Waals surface area (Å²) in [4.78, 5) is 12.5. The summed E-state index contributed by atoms with van der Waals surface area (Å²) in [6.07, 6.45) is 0. The van der Waals surface area contributed by atoms with Gasteiger partial charge in [-0.25, -0.2) is 0 Å². The maximum Gasteiger partial charge on any atom is 0.257 e. The van der Waals surface area contributed by atoms with Crippen molar-refractivity contribution in [2.75, 3.05) is 25.3 Å². The fourth-order valence-electron chi connectivity index (χ4n) is 2.28. The zero-order valence-electron chi connectivity index (χ0n) is 13.2. The van der Waals surface area contributed by atoms with Crippen molar-refractivity contribution >= 4 is 17.3 Å². The van der Waals surface area contributed by atoms with Gasteiger partial charge in [-0.1, -0.05) is 18.2 Å². The van der Waals surface area contributed by atoms with Crippen LogP contribution >= 0.6 is 0 Å². The number of nitrogens with one attached hydrogen (secondary N) is 1. The van der Waals surface area contributed by atoms with Crippen molar-refractivity contribution in [3.8, 4) is 11.5 Å². The standard InChI is InChI=1S/C17H20N2O3/c1-10-6-5-7-11(2)16(10)19-17(20)12-8-14(21-3)15(22-4)9-13(12)18/h5-9H,18H2,1-4H3,(H,19,20). The number of carbonyl (C=O) groups is 1. The first-order chi connectivity index (χ1) is 10.5. The summed E-state index contributed by atoms with van der Waals surface area (Å²) in [6.45, 7) is 3.89. The number of para-hydroxylation sites is 1. The Bertz CT molecular complexity index is 691. The van der Waals surface area contributed by atoms with Gasteiger partial charge in [0.25, 0.3) is 5.91 Å². The third kappa shape index (κ3) is 2.98. The highest BCUT2D eigenvalue weighted by Gasteiger charge is 2.16. The van der Waals surface area contributed by atoms with Gasteiger partial charge < -0.3 is 20.5 Å². The lowest BCUT2D eigenvalue weighted by molar-refractivity contribution is 0.102. The highest BCUT2D eigenvalue weighted by Crippen LogP contribution is 2.32. The number of methoxy groups -OCH3 is 2. The molecule has 5 heteroatoms. The van der Waals surface area contributed by atoms with Crippen LogP contribution in [-0.2, 0) is 0 Å². The number of amides is 1. The van der Waals surface area contributed by atoms with E-state index in [1.165, 1.54) is 14.2 Å². The van der Waals surface area contributed by atoms with E-state index in [4.69, 9.17) is 15.2 Å². The molecule has 22 heavy (non-hydrogen) atoms. The molecule has 0 aliphatic rings. The molecule has 0 aromatic heterocycles. The molecule has 0 saturated carbocycles. The van der Waals surface area contributed by atoms with E-state index in [1.807, 2.05) is 32.0 Å². The minimum absolute atomic E-state index is 0.282. The summed E-state index contributed by atoms with van der Waals surface area (Å²) in [5.41, 5.74) is 9.42. The summed E-state index contributed by atoms with van der Waals surface area (Å²) in [7, 11) is 3.04. The summed E-state index contributed by atoms with van der Waals surface area (Å²) >= 11 is 0. The number of hydrogen-bond donors (Lipinski definition) is 2. The van der Waals surface area contributed by atoms with Crippen molar-refractivity contribution < 1.29 is 14.3 Å². The van der Waals surface area contributed by atoms with Crippen LogP contribution in [-0.4, -0.2) is 20.1 Å². The Morgan fingerprint density at radius 2 is 1.59 bits per heavy atom. The predicted octanol–water partition coefficient (Wildman–Crippen LogP) is 3.16. The van der Waals surface area contributed by atoms with Crippen molar-refractivity contribution in [1.82, 2.24) is 0 Å². The molecule has 0 heterocycles. The largest absolute Gasteiger partial charge is 0.493 e. The summed E-state index contributed by atoms with van der Waals surface area (Å²) in [5, 5.41) is 2.91. The normalized spacial score (nSPS) is 10.2. The van der Waals surface area contributed by atoms with Gasteiger partial charge in [0.2, 0.25) is 0 Å². The maximum absolute atomic E-state index is 12.5. The molecule has 1 amide bonds. The predicted molar refractivity (Wildman–Crippen MR) is 87.8 cm³/mol. The average molecular weight is 300 g/mol. The molecule has 0 atom stereocenters. The van der Waals surface area contributed by atoms with Gasteiger partial charge in [0.15, 0.2) is 11.5 Å². The van der Waals surface area contributed by atoms with E-state index in [-0.39, 0.29) is 5.91 Å². The number of anilines is 2. The highest BCUT2D eigenvalue weighted by molar-refractivity contribution is 6.08. The Hall–Kier alpha value is -2.69. The van der Waals surface area contributed by atoms with Crippen LogP contribution in [0.1, 0.15) is 21.5 Å². The van der Waals surface area contributed by atoms with E-state index in [1.54, 1.807) is 12.1 Å². The molecule has 2 rings (SSSR count). The molecule has 0 bridgehead atoms. The molecular weight excluding hydrogens is 280 g/mol. The monoisotopic (exact) mass is 300 g/mol. The van der Waals surface area contributed by atoms with Gasteiger partial charge >= 0.3 is 0 Å². The first-order valence-corrected chi connectivity index (χ1v) is 6.87. The lowest BCUT2D eigenvalue weighted by Gasteiger charge is -2.14. The van der Waals surface area contributed by atoms with E-state index in [0.717, 1.165) is 16.8 Å². The van der Waals surface area contributed by atoms with Crippen LogP contribution in [0, 0.1) is 13.8 Å². The maximum atomic E-state index is 12.5. The first-order valence-electron chi connectivity index (χ1n) is 6.87. The number of rotatable bonds is 4. The molecule has 0 aliphatic carbocycles. The van der Waals surface area contributed by atoms with E-state index < -0.39 is 0 Å². The van der Waals surface area contributed by atoms with Gasteiger partial charge in [-0.15, -0.1) is 0 Å². The van der Waals surface area contributed by atoms with Crippen molar-refractivity contribution in [2.24, 2.45) is 0 Å². The van der Waals surface area contributed by atoms with Gasteiger partial charge in [-0.2, -0.15) is 0 Å². The van der Waals surface area contributed by atoms with Crippen LogP contribution in [0.4, 0.5) is 11.4 Å². The molecule has 0 unspecified atom stereocenters. The second kappa shape index (κ2) is 6.39. The molecule has 0 saturated heterocycles. The van der Waals surface area contributed by atoms with Gasteiger partial charge in [0.1, 0.15) is 0 Å². The van der Waals surface area contributed by atoms with Crippen molar-refractivity contribution in [3.05, 3.63) is 47.0 Å². The Labute approximate surface area is 130 Å². The minimum atomic E-state index is -0.282. The number of nitrogen functional groups attached to an aromatic ring is 1. The first kappa shape index (κ1) is 15.7. The molecule has 0 spiro atoms. The zero-order chi connectivity index (χ0) is 16.3. The van der Waals surface area contributed by atoms with Gasteiger partial charge in [0, 0.05) is 17.4 Å². The fraction of sp³-hybridized carbons (Fsp3) is 0.235. The summed E-state index contributed by atoms with van der Waals surface area (Å²) in [6, 6.07) is 9.00. The van der Waals surface area contributed by atoms with Gasteiger partial charge in [-0.3, -0.25) is 4.79 Å². The number of carbonyl (C=O) groups excluding carboxylic acids is 1. The average Bonchev–Trinajstić information content (AvgIpc) is 2.50. The third-order valence-corrected chi connectivity index (χ3v) is 3.52. The molecule has 3 N–H and O–H groups in total. The third-order valence-electron chi connectivity index (χ3n) is 3.52. The van der Waals surface area contributed by atoms with Crippen LogP contribution in [0.25, 0.3) is 0 Å². The summed E-state index contributed by atoms with van der Waals surface area (Å²) in [5.74, 6) is 0.669. The number of nitrogens with two attached hydrogens (primary N) is 1. The quantitative estimate of drug-likeness (QED) is 0.851. The molecule has 0 radical (unpaired) electrons. The Morgan fingerprint density at radius 3 is 2.14 bits per heavy atom. The van der Waals surface area contributed by atoms with Crippen LogP contribution in [0.5, 0.6) is 11.5 Å². The van der Waals surface area contributed by atoms with E-state index >= 15 is 0 Å². The molecule has 0 fully saturated rings. The fourth-order valence-corrected chi connectivity index (χ4v) is 2.28. The van der Waals surface area contributed by atoms with Crippen molar-refractivity contribution in [2.45, 2.75) is 13.8 Å². The Kier molecular flexibility index (Phi) is 4.56. The second-order valence-corrected chi connectivity index (χ2v) is 5.02. The molecular formula is C17H20N2O3. The van der Waals surface area contributed by atoms with E-state index in [9.17, 15) is 4.79 Å². The smallest absolute Gasteiger partial charge is 0.257 e. The van der Waals surface area contributed by atoms with Crippen LogP contribution < -0.4 is 20.5 Å². The summed E-state index contributed by atoms with van der Waals surface area (Å²) < 4.78 is 10.4. The minimum Gasteiger partial charge on any atom is -0.493 e. The highest BCUT2D eigenvalue weighted by atomic mass is 16.5. The molecule has 5 nitrogen and oxygen atoms in total. The van der Waals surface area contributed by atoms with Crippen molar-refractivity contribution in [1.29, 1.82) is 0 Å². The lowest BCUT2D eigenvalue weighted by atomic mass is 10.1. The van der Waals surface area contributed by atoms with E-state index in [0.29, 0.717) is 22.7 Å². The lowest BCUT2D eigenvalue weighted by Crippen LogP contribution is -2.16. The molecule has 116 valence electrons. The molecule has 2 aromatic rings. The second-order valence-electron chi connectivity index (χ2n) is 5.02. The molecule has 0 aliphatic heterocycles. The Morgan fingerprint density at radius 1 is 1.05 bits per heavy atom. The van der Waals surface area contributed by atoms with Gasteiger partial charge in [-0.05, 0) is 31.0 Å². The zero-order valence-corrected chi connectivity index (χ0v) is 13.2. The topological polar surface area (TPSA) is 73.6 Å². The van der Waals surface area contributed by atoms with Crippen LogP contribution in [0.3, 0.4) is 0 Å². The number of benzene rings is 2. The number of ether oxygens (including phenoxy) is 2. The van der Waals surface area contributed by atoms with E-state index in [2.05, 4.69) is 5.32 Å². The Balaban J connectivity index is 2.38. The molecule has 2 aromatic carbocycles. The van der Waals surface area contributed by atoms with Gasteiger partial charge in [0.05, 0.1) is 19.8 Å².